The number of amides is 2. The van der Waals surface area contributed by atoms with Crippen molar-refractivity contribution < 1.29 is 14.3 Å². The molecule has 0 aromatic heterocycles. The molecule has 7 heteroatoms. The van der Waals surface area contributed by atoms with Gasteiger partial charge in [0.15, 0.2) is 0 Å². The number of methoxy groups -OCH3 is 2. The first-order valence-corrected chi connectivity index (χ1v) is 10.1. The molecule has 1 unspecified atom stereocenters. The molecule has 0 aliphatic carbocycles. The van der Waals surface area contributed by atoms with Crippen LogP contribution in [0.1, 0.15) is 18.9 Å². The van der Waals surface area contributed by atoms with E-state index in [2.05, 4.69) is 41.4 Å². The van der Waals surface area contributed by atoms with Crippen LogP contribution in [0.2, 0.25) is 5.02 Å². The maximum Gasteiger partial charge on any atom is 0.322 e. The van der Waals surface area contributed by atoms with Gasteiger partial charge in [-0.25, -0.2) is 4.79 Å². The maximum atomic E-state index is 13.0. The number of hydrogen-bond acceptors (Lipinski definition) is 4. The van der Waals surface area contributed by atoms with E-state index < -0.39 is 0 Å². The molecule has 1 fully saturated rings. The number of benzene rings is 2. The van der Waals surface area contributed by atoms with Crippen LogP contribution in [0.4, 0.5) is 10.5 Å². The summed E-state index contributed by atoms with van der Waals surface area (Å²) in [6.07, 6.45) is 0.922. The minimum Gasteiger partial charge on any atom is -0.495 e. The third kappa shape index (κ3) is 5.34. The van der Waals surface area contributed by atoms with Gasteiger partial charge in [0.1, 0.15) is 11.5 Å². The van der Waals surface area contributed by atoms with Gasteiger partial charge in [-0.05, 0) is 18.9 Å². The number of hydrogen-bond donors (Lipinski definition) is 1. The molecule has 0 bridgehead atoms. The van der Waals surface area contributed by atoms with Crippen LogP contribution < -0.4 is 14.8 Å². The highest BCUT2D eigenvalue weighted by Gasteiger charge is 2.26. The first-order chi connectivity index (χ1) is 14.0. The van der Waals surface area contributed by atoms with Crippen LogP contribution in [-0.2, 0) is 6.54 Å². The lowest BCUT2D eigenvalue weighted by Crippen LogP contribution is -2.44. The van der Waals surface area contributed by atoms with Gasteiger partial charge in [0, 0.05) is 44.4 Å². The Morgan fingerprint density at radius 3 is 2.55 bits per heavy atom. The van der Waals surface area contributed by atoms with Gasteiger partial charge >= 0.3 is 6.03 Å². The minimum absolute atomic E-state index is 0.0846. The van der Waals surface area contributed by atoms with E-state index in [-0.39, 0.29) is 12.1 Å². The molecule has 0 spiro atoms. The molecule has 1 heterocycles. The fourth-order valence-electron chi connectivity index (χ4n) is 3.68. The molecular formula is C22H28ClN3O3. The molecule has 3 rings (SSSR count). The summed E-state index contributed by atoms with van der Waals surface area (Å²) in [5, 5.41) is 3.39. The SMILES string of the molecule is COc1cc(NC(=O)N2CCCN(Cc3ccccc3)CC2C)c(OC)cc1Cl. The number of rotatable bonds is 5. The van der Waals surface area contributed by atoms with Crippen molar-refractivity contribution in [1.82, 2.24) is 9.80 Å². The third-order valence-electron chi connectivity index (χ3n) is 5.15. The number of carbonyl (C=O) groups excluding carboxylic acids is 1. The lowest BCUT2D eigenvalue weighted by atomic mass is 10.2. The summed E-state index contributed by atoms with van der Waals surface area (Å²) in [6, 6.07) is 13.7. The smallest absolute Gasteiger partial charge is 0.322 e. The molecule has 1 saturated heterocycles. The van der Waals surface area contributed by atoms with E-state index in [1.165, 1.54) is 12.7 Å². The number of nitrogens with zero attached hydrogens (tertiary/aromatic N) is 2. The fraction of sp³-hybridized carbons (Fsp3) is 0.409. The molecule has 1 atom stereocenters. The number of nitrogens with one attached hydrogen (secondary N) is 1. The van der Waals surface area contributed by atoms with Crippen LogP contribution in [0, 0.1) is 0 Å². The van der Waals surface area contributed by atoms with Gasteiger partial charge in [0.2, 0.25) is 0 Å². The molecule has 6 nitrogen and oxygen atoms in total. The van der Waals surface area contributed by atoms with E-state index >= 15 is 0 Å². The van der Waals surface area contributed by atoms with E-state index in [9.17, 15) is 4.79 Å². The molecular weight excluding hydrogens is 390 g/mol. The second kappa shape index (κ2) is 9.85. The van der Waals surface area contributed by atoms with Crippen molar-refractivity contribution in [2.45, 2.75) is 25.9 Å². The van der Waals surface area contributed by atoms with Crippen LogP contribution >= 0.6 is 11.6 Å². The van der Waals surface area contributed by atoms with E-state index in [0.717, 1.165) is 26.1 Å². The van der Waals surface area contributed by atoms with Gasteiger partial charge in [-0.3, -0.25) is 4.90 Å². The monoisotopic (exact) mass is 417 g/mol. The Bertz CT molecular complexity index is 832. The average molecular weight is 418 g/mol. The lowest BCUT2D eigenvalue weighted by Gasteiger charge is -2.29. The summed E-state index contributed by atoms with van der Waals surface area (Å²) < 4.78 is 10.6. The molecule has 29 heavy (non-hydrogen) atoms. The fourth-order valence-corrected chi connectivity index (χ4v) is 3.91. The van der Waals surface area contributed by atoms with Crippen molar-refractivity contribution in [3.63, 3.8) is 0 Å². The Labute approximate surface area is 177 Å². The Morgan fingerprint density at radius 2 is 1.86 bits per heavy atom. The maximum absolute atomic E-state index is 13.0. The zero-order valence-corrected chi connectivity index (χ0v) is 17.9. The molecule has 0 saturated carbocycles. The molecule has 2 aromatic rings. The number of carbonyl (C=O) groups is 1. The second-order valence-electron chi connectivity index (χ2n) is 7.23. The first kappa shape index (κ1) is 21.3. The molecule has 1 aliphatic rings. The van der Waals surface area contributed by atoms with Gasteiger partial charge in [-0.2, -0.15) is 0 Å². The minimum atomic E-state index is -0.151. The van der Waals surface area contributed by atoms with Gasteiger partial charge in [-0.1, -0.05) is 41.9 Å². The van der Waals surface area contributed by atoms with Crippen molar-refractivity contribution >= 4 is 23.3 Å². The van der Waals surface area contributed by atoms with Crippen molar-refractivity contribution in [2.24, 2.45) is 0 Å². The van der Waals surface area contributed by atoms with Crippen molar-refractivity contribution in [2.75, 3.05) is 39.2 Å². The van der Waals surface area contributed by atoms with Crippen LogP contribution in [-0.4, -0.2) is 55.7 Å². The zero-order chi connectivity index (χ0) is 20.8. The van der Waals surface area contributed by atoms with E-state index in [1.807, 2.05) is 11.0 Å². The first-order valence-electron chi connectivity index (χ1n) is 9.77. The van der Waals surface area contributed by atoms with Gasteiger partial charge in [0.25, 0.3) is 0 Å². The Morgan fingerprint density at radius 1 is 1.14 bits per heavy atom. The molecule has 156 valence electrons. The van der Waals surface area contributed by atoms with Crippen LogP contribution in [0.5, 0.6) is 11.5 Å². The molecule has 2 aromatic carbocycles. The summed E-state index contributed by atoms with van der Waals surface area (Å²) >= 11 is 6.16. The second-order valence-corrected chi connectivity index (χ2v) is 7.64. The predicted molar refractivity (Wildman–Crippen MR) is 116 cm³/mol. The van der Waals surface area contributed by atoms with Gasteiger partial charge in [0.05, 0.1) is 24.9 Å². The van der Waals surface area contributed by atoms with Crippen LogP contribution in [0.25, 0.3) is 0 Å². The Balaban J connectivity index is 1.68. The quantitative estimate of drug-likeness (QED) is 0.779. The van der Waals surface area contributed by atoms with Crippen molar-refractivity contribution in [3.05, 3.63) is 53.1 Å². The summed E-state index contributed by atoms with van der Waals surface area (Å²) in [6.45, 7) is 5.46. The van der Waals surface area contributed by atoms with E-state index in [4.69, 9.17) is 21.1 Å². The topological polar surface area (TPSA) is 54.0 Å². The number of ether oxygens (including phenoxy) is 2. The van der Waals surface area contributed by atoms with Crippen LogP contribution in [0.15, 0.2) is 42.5 Å². The highest BCUT2D eigenvalue weighted by Crippen LogP contribution is 2.36. The lowest BCUT2D eigenvalue weighted by molar-refractivity contribution is 0.184. The number of halogens is 1. The summed E-state index contributed by atoms with van der Waals surface area (Å²) in [4.78, 5) is 17.3. The van der Waals surface area contributed by atoms with Gasteiger partial charge in [-0.15, -0.1) is 0 Å². The van der Waals surface area contributed by atoms with E-state index in [1.54, 1.807) is 19.2 Å². The van der Waals surface area contributed by atoms with Crippen molar-refractivity contribution in [3.8, 4) is 11.5 Å². The number of urea groups is 1. The summed E-state index contributed by atoms with van der Waals surface area (Å²) in [5.74, 6) is 0.984. The average Bonchev–Trinajstić information content (AvgIpc) is 2.90. The Kier molecular flexibility index (Phi) is 7.23. The largest absolute Gasteiger partial charge is 0.495 e. The molecule has 1 aliphatic heterocycles. The molecule has 2 amide bonds. The van der Waals surface area contributed by atoms with E-state index in [0.29, 0.717) is 28.8 Å². The van der Waals surface area contributed by atoms with Crippen molar-refractivity contribution in [1.29, 1.82) is 0 Å². The standard InChI is InChI=1S/C22H28ClN3O3/c1-16-14-25(15-17-8-5-4-6-9-17)10-7-11-26(16)22(27)24-19-13-20(28-2)18(23)12-21(19)29-3/h4-6,8-9,12-13,16H,7,10-11,14-15H2,1-3H3,(H,24,27). The Hall–Kier alpha value is -2.44. The highest BCUT2D eigenvalue weighted by atomic mass is 35.5. The highest BCUT2D eigenvalue weighted by molar-refractivity contribution is 6.32. The van der Waals surface area contributed by atoms with Gasteiger partial charge < -0.3 is 19.7 Å². The van der Waals surface area contributed by atoms with Crippen LogP contribution in [0.3, 0.4) is 0 Å². The third-order valence-corrected chi connectivity index (χ3v) is 5.45. The summed E-state index contributed by atoms with van der Waals surface area (Å²) in [7, 11) is 3.08. The molecule has 0 radical (unpaired) electrons. The number of anilines is 1. The zero-order valence-electron chi connectivity index (χ0n) is 17.2. The summed E-state index contributed by atoms with van der Waals surface area (Å²) in [5.41, 5.74) is 1.83. The normalized spacial score (nSPS) is 17.5. The molecule has 1 N–H and O–H groups in total. The predicted octanol–water partition coefficient (Wildman–Crippen LogP) is 4.49.